The van der Waals surface area contributed by atoms with Crippen molar-refractivity contribution in [2.45, 2.75) is 40.2 Å². The molecule has 0 saturated heterocycles. The van der Waals surface area contributed by atoms with Gasteiger partial charge in [0.05, 0.1) is 10.6 Å². The van der Waals surface area contributed by atoms with E-state index in [9.17, 15) is 27.6 Å². The van der Waals surface area contributed by atoms with Crippen LogP contribution in [-0.4, -0.2) is 28.7 Å². The highest BCUT2D eigenvalue weighted by Gasteiger charge is 2.31. The third-order valence-corrected chi connectivity index (χ3v) is 6.65. The minimum absolute atomic E-state index is 0.107. The van der Waals surface area contributed by atoms with Gasteiger partial charge in [0.15, 0.2) is 0 Å². The lowest BCUT2D eigenvalue weighted by Gasteiger charge is -2.12. The lowest BCUT2D eigenvalue weighted by molar-refractivity contribution is -0.274. The highest BCUT2D eigenvalue weighted by atomic mass is 35.5. The number of aromatic nitrogens is 1. The zero-order valence-electron chi connectivity index (χ0n) is 22.9. The van der Waals surface area contributed by atoms with Crippen LogP contribution in [0.1, 0.15) is 47.2 Å². The number of aryl methyl sites for hydroxylation is 1. The summed E-state index contributed by atoms with van der Waals surface area (Å²) in [4.78, 5) is 38.1. The summed E-state index contributed by atoms with van der Waals surface area (Å²) >= 11 is 6.29. The highest BCUT2D eigenvalue weighted by molar-refractivity contribution is 6.34. The van der Waals surface area contributed by atoms with Crippen LogP contribution in [0.15, 0.2) is 66.7 Å². The molecule has 0 radical (unpaired) electrons. The molecule has 1 aromatic heterocycles. The number of ether oxygens (including phenoxy) is 1. The molecule has 3 N–H and O–H groups in total. The molecule has 220 valence electrons. The van der Waals surface area contributed by atoms with Crippen LogP contribution in [0.2, 0.25) is 5.02 Å². The average Bonchev–Trinajstić information content (AvgIpc) is 3.30. The fourth-order valence-electron chi connectivity index (χ4n) is 4.26. The topological polar surface area (TPSA) is 101 Å². The fraction of sp³-hybridized carbons (Fsp3) is 0.233. The first-order valence-corrected chi connectivity index (χ1v) is 13.4. The van der Waals surface area contributed by atoms with E-state index in [2.05, 4.69) is 20.7 Å². The summed E-state index contributed by atoms with van der Waals surface area (Å²) in [7, 11) is 0. The van der Waals surface area contributed by atoms with Gasteiger partial charge in [-0.25, -0.2) is 0 Å². The van der Waals surface area contributed by atoms with Gasteiger partial charge in [0.25, 0.3) is 11.8 Å². The summed E-state index contributed by atoms with van der Waals surface area (Å²) in [6.45, 7) is 6.16. The van der Waals surface area contributed by atoms with Crippen LogP contribution in [0.4, 0.5) is 24.5 Å². The second kappa shape index (κ2) is 12.6. The highest BCUT2D eigenvalue weighted by Crippen LogP contribution is 2.27. The molecule has 0 atom stereocenters. The number of halogens is 4. The summed E-state index contributed by atoms with van der Waals surface area (Å²) in [5.41, 5.74) is 2.79. The fourth-order valence-corrected chi connectivity index (χ4v) is 4.46. The lowest BCUT2D eigenvalue weighted by Crippen LogP contribution is -2.27. The Labute approximate surface area is 244 Å². The zero-order valence-corrected chi connectivity index (χ0v) is 23.7. The number of carbonyl (C=O) groups excluding carboxylic acids is 3. The van der Waals surface area contributed by atoms with Crippen molar-refractivity contribution in [3.8, 4) is 5.75 Å². The number of nitrogens with one attached hydrogen (secondary N) is 3. The Bertz CT molecular complexity index is 1630. The smallest absolute Gasteiger partial charge is 0.406 e. The van der Waals surface area contributed by atoms with Crippen LogP contribution in [0, 0.1) is 5.92 Å². The Balaban J connectivity index is 1.50. The van der Waals surface area contributed by atoms with Gasteiger partial charge in [-0.15, -0.1) is 13.2 Å². The molecule has 0 aliphatic carbocycles. The van der Waals surface area contributed by atoms with Gasteiger partial charge in [0.1, 0.15) is 11.4 Å². The van der Waals surface area contributed by atoms with E-state index in [1.165, 1.54) is 12.1 Å². The van der Waals surface area contributed by atoms with Crippen molar-refractivity contribution in [3.63, 3.8) is 0 Å². The Morgan fingerprint density at radius 2 is 1.57 bits per heavy atom. The van der Waals surface area contributed by atoms with Crippen LogP contribution in [0.5, 0.6) is 5.75 Å². The van der Waals surface area contributed by atoms with Crippen molar-refractivity contribution in [3.05, 3.63) is 88.6 Å². The van der Waals surface area contributed by atoms with E-state index >= 15 is 0 Å². The first kappa shape index (κ1) is 30.4. The van der Waals surface area contributed by atoms with Gasteiger partial charge in [-0.2, -0.15) is 0 Å². The van der Waals surface area contributed by atoms with Crippen molar-refractivity contribution < 1.29 is 32.3 Å². The van der Waals surface area contributed by atoms with Crippen molar-refractivity contribution in [2.24, 2.45) is 5.92 Å². The Kier molecular flexibility index (Phi) is 9.11. The summed E-state index contributed by atoms with van der Waals surface area (Å²) in [6, 6.07) is 16.6. The molecular formula is C30H28ClF3N4O4. The third kappa shape index (κ3) is 7.41. The quantitative estimate of drug-likeness (QED) is 0.193. The van der Waals surface area contributed by atoms with E-state index in [-0.39, 0.29) is 29.0 Å². The van der Waals surface area contributed by atoms with Gasteiger partial charge in [-0.3, -0.25) is 14.4 Å². The monoisotopic (exact) mass is 600 g/mol. The zero-order chi connectivity index (χ0) is 30.6. The Hall–Kier alpha value is -4.51. The molecule has 4 rings (SSSR count). The molecule has 42 heavy (non-hydrogen) atoms. The van der Waals surface area contributed by atoms with Crippen LogP contribution < -0.4 is 20.7 Å². The van der Waals surface area contributed by atoms with Crippen LogP contribution >= 0.6 is 11.6 Å². The maximum absolute atomic E-state index is 13.1. The number of nitrogens with zero attached hydrogens (tertiary/aromatic N) is 1. The van der Waals surface area contributed by atoms with Gasteiger partial charge < -0.3 is 25.3 Å². The molecule has 12 heteroatoms. The first-order chi connectivity index (χ1) is 19.8. The minimum Gasteiger partial charge on any atom is -0.406 e. The van der Waals surface area contributed by atoms with Gasteiger partial charge in [-0.1, -0.05) is 31.5 Å². The molecule has 0 unspecified atom stereocenters. The molecule has 0 aliphatic heterocycles. The SMILES string of the molecule is CCn1c(C(=O)Nc2ccc(OC(F)(F)F)cc2)cc2cc(NC(=O)c3cc(CNC(=O)C(C)C)ccc3Cl)ccc21. The van der Waals surface area contributed by atoms with E-state index in [1.54, 1.807) is 60.9 Å². The lowest BCUT2D eigenvalue weighted by atomic mass is 10.1. The number of fused-ring (bicyclic) bond motifs is 1. The number of amides is 3. The van der Waals surface area contributed by atoms with E-state index in [0.29, 0.717) is 34.6 Å². The average molecular weight is 601 g/mol. The summed E-state index contributed by atoms with van der Waals surface area (Å²) in [5.74, 6) is -1.58. The van der Waals surface area contributed by atoms with Crippen LogP contribution in [0.25, 0.3) is 10.9 Å². The Morgan fingerprint density at radius 1 is 0.905 bits per heavy atom. The number of rotatable bonds is 9. The van der Waals surface area contributed by atoms with Crippen molar-refractivity contribution >= 4 is 51.6 Å². The molecule has 1 heterocycles. The number of benzene rings is 3. The van der Waals surface area contributed by atoms with Crippen molar-refractivity contribution in [1.82, 2.24) is 9.88 Å². The Morgan fingerprint density at radius 3 is 2.21 bits per heavy atom. The third-order valence-electron chi connectivity index (χ3n) is 6.32. The van der Waals surface area contributed by atoms with E-state index < -0.39 is 23.9 Å². The summed E-state index contributed by atoms with van der Waals surface area (Å²) in [6.07, 6.45) is -4.81. The number of carbonyl (C=O) groups is 3. The molecule has 4 aromatic rings. The summed E-state index contributed by atoms with van der Waals surface area (Å²) < 4.78 is 42.9. The second-order valence-electron chi connectivity index (χ2n) is 9.71. The first-order valence-electron chi connectivity index (χ1n) is 13.0. The van der Waals surface area contributed by atoms with Crippen molar-refractivity contribution in [2.75, 3.05) is 10.6 Å². The molecule has 3 aromatic carbocycles. The minimum atomic E-state index is -4.81. The number of hydrogen-bond donors (Lipinski definition) is 3. The molecule has 0 fully saturated rings. The number of hydrogen-bond acceptors (Lipinski definition) is 4. The second-order valence-corrected chi connectivity index (χ2v) is 10.1. The predicted octanol–water partition coefficient (Wildman–Crippen LogP) is 6.99. The molecule has 0 spiro atoms. The van der Waals surface area contributed by atoms with E-state index in [0.717, 1.165) is 17.6 Å². The molecule has 8 nitrogen and oxygen atoms in total. The standard InChI is InChI=1S/C30H28ClF3N4O4/c1-4-38-25-12-8-21(37-28(40)23-13-18(5-11-24(23)31)16-35-27(39)17(2)3)14-19(25)15-26(38)29(41)36-20-6-9-22(10-7-20)42-30(32,33)34/h5-15,17H,4,16H2,1-3H3,(H,35,39)(H,36,41)(H,37,40). The van der Waals surface area contributed by atoms with Gasteiger partial charge in [-0.05, 0) is 73.2 Å². The normalized spacial score (nSPS) is 11.4. The van der Waals surface area contributed by atoms with Crippen LogP contribution in [-0.2, 0) is 17.9 Å². The largest absolute Gasteiger partial charge is 0.573 e. The maximum atomic E-state index is 13.1. The van der Waals surface area contributed by atoms with Gasteiger partial charge in [0.2, 0.25) is 5.91 Å². The molecule has 3 amide bonds. The van der Waals surface area contributed by atoms with Gasteiger partial charge >= 0.3 is 6.36 Å². The van der Waals surface area contributed by atoms with Gasteiger partial charge in [0, 0.05) is 41.3 Å². The number of anilines is 2. The molecular weight excluding hydrogens is 573 g/mol. The molecule has 0 saturated carbocycles. The van der Waals surface area contributed by atoms with Crippen molar-refractivity contribution in [1.29, 1.82) is 0 Å². The number of alkyl halides is 3. The summed E-state index contributed by atoms with van der Waals surface area (Å²) in [5, 5.41) is 9.25. The molecule has 0 bridgehead atoms. The van der Waals surface area contributed by atoms with E-state index in [4.69, 9.17) is 11.6 Å². The predicted molar refractivity (Wildman–Crippen MR) is 155 cm³/mol. The maximum Gasteiger partial charge on any atom is 0.573 e. The van der Waals surface area contributed by atoms with Crippen LogP contribution in [0.3, 0.4) is 0 Å². The molecule has 0 aliphatic rings. The van der Waals surface area contributed by atoms with E-state index in [1.807, 2.05) is 6.92 Å².